The Balaban J connectivity index is 2.18. The van der Waals surface area contributed by atoms with Gasteiger partial charge in [0.25, 0.3) is 5.79 Å². The maximum atomic E-state index is 5.63. The summed E-state index contributed by atoms with van der Waals surface area (Å²) in [6.45, 7) is 6.02. The van der Waals surface area contributed by atoms with Crippen LogP contribution in [0.3, 0.4) is 0 Å². The Morgan fingerprint density at radius 1 is 1.38 bits per heavy atom. The fraction of sp³-hybridized carbons (Fsp3) is 0.636. The molecule has 0 aromatic heterocycles. The molecule has 1 saturated carbocycles. The molecule has 0 N–H and O–H groups in total. The average Bonchev–Trinajstić information content (AvgIpc) is 2.83. The average molecular weight is 180 g/mol. The van der Waals surface area contributed by atoms with E-state index in [0.717, 1.165) is 25.7 Å². The minimum absolute atomic E-state index is 0.0759. The van der Waals surface area contributed by atoms with Crippen molar-refractivity contribution in [3.63, 3.8) is 0 Å². The second-order valence-corrected chi connectivity index (χ2v) is 3.87. The molecular formula is C11H16O2. The van der Waals surface area contributed by atoms with Crippen LogP contribution in [0.2, 0.25) is 0 Å². The molecular weight excluding hydrogens is 164 g/mol. The molecule has 2 heteroatoms. The van der Waals surface area contributed by atoms with Crippen molar-refractivity contribution in [1.29, 1.82) is 0 Å². The van der Waals surface area contributed by atoms with Gasteiger partial charge in [-0.1, -0.05) is 13.0 Å². The Kier molecular flexibility index (Phi) is 1.86. The third-order valence-electron chi connectivity index (χ3n) is 3.09. The highest BCUT2D eigenvalue weighted by molar-refractivity contribution is 5.16. The SMILES string of the molecule is C=CC1(C2(CCC)OC=CO2)CC1. The molecule has 0 radical (unpaired) electrons. The molecule has 0 aromatic rings. The van der Waals surface area contributed by atoms with E-state index in [1.165, 1.54) is 0 Å². The minimum atomic E-state index is -0.427. The topological polar surface area (TPSA) is 18.5 Å². The van der Waals surface area contributed by atoms with Gasteiger partial charge in [-0.25, -0.2) is 0 Å². The van der Waals surface area contributed by atoms with Crippen LogP contribution in [0.4, 0.5) is 0 Å². The van der Waals surface area contributed by atoms with E-state index in [-0.39, 0.29) is 5.41 Å². The summed E-state index contributed by atoms with van der Waals surface area (Å²) in [5, 5.41) is 0. The van der Waals surface area contributed by atoms with Crippen molar-refractivity contribution in [2.75, 3.05) is 0 Å². The summed E-state index contributed by atoms with van der Waals surface area (Å²) < 4.78 is 11.3. The highest BCUT2D eigenvalue weighted by atomic mass is 16.7. The summed E-state index contributed by atoms with van der Waals surface area (Å²) in [6.07, 6.45) is 9.58. The molecule has 2 rings (SSSR count). The molecule has 1 fully saturated rings. The third-order valence-corrected chi connectivity index (χ3v) is 3.09. The number of rotatable bonds is 4. The maximum Gasteiger partial charge on any atom is 0.258 e. The zero-order chi connectivity index (χ0) is 9.36. The Morgan fingerprint density at radius 2 is 2.00 bits per heavy atom. The van der Waals surface area contributed by atoms with E-state index < -0.39 is 5.79 Å². The smallest absolute Gasteiger partial charge is 0.258 e. The second-order valence-electron chi connectivity index (χ2n) is 3.87. The Bertz CT molecular complexity index is 230. The largest absolute Gasteiger partial charge is 0.456 e. The van der Waals surface area contributed by atoms with Crippen molar-refractivity contribution in [3.05, 3.63) is 25.2 Å². The molecule has 0 aromatic carbocycles. The van der Waals surface area contributed by atoms with Crippen LogP contribution >= 0.6 is 0 Å². The van der Waals surface area contributed by atoms with Crippen LogP contribution in [-0.4, -0.2) is 5.79 Å². The van der Waals surface area contributed by atoms with Gasteiger partial charge in [0.1, 0.15) is 12.5 Å². The summed E-state index contributed by atoms with van der Waals surface area (Å²) in [7, 11) is 0. The van der Waals surface area contributed by atoms with Crippen molar-refractivity contribution in [2.45, 2.75) is 38.4 Å². The van der Waals surface area contributed by atoms with Crippen LogP contribution in [0.1, 0.15) is 32.6 Å². The van der Waals surface area contributed by atoms with Gasteiger partial charge in [0.2, 0.25) is 0 Å². The summed E-state index contributed by atoms with van der Waals surface area (Å²) in [4.78, 5) is 0. The highest BCUT2D eigenvalue weighted by Crippen LogP contribution is 2.60. The Hall–Kier alpha value is -0.920. The fourth-order valence-corrected chi connectivity index (χ4v) is 2.11. The predicted molar refractivity (Wildman–Crippen MR) is 50.8 cm³/mol. The minimum Gasteiger partial charge on any atom is -0.456 e. The lowest BCUT2D eigenvalue weighted by atomic mass is 9.91. The van der Waals surface area contributed by atoms with Crippen molar-refractivity contribution >= 4 is 0 Å². The van der Waals surface area contributed by atoms with E-state index in [2.05, 4.69) is 13.5 Å². The molecule has 0 atom stereocenters. The van der Waals surface area contributed by atoms with Gasteiger partial charge in [-0.3, -0.25) is 0 Å². The lowest BCUT2D eigenvalue weighted by Gasteiger charge is -2.33. The van der Waals surface area contributed by atoms with Gasteiger partial charge in [0, 0.05) is 6.42 Å². The summed E-state index contributed by atoms with van der Waals surface area (Å²) in [5.74, 6) is -0.427. The molecule has 2 aliphatic rings. The first-order chi connectivity index (χ1) is 6.29. The van der Waals surface area contributed by atoms with Crippen LogP contribution in [-0.2, 0) is 9.47 Å². The summed E-state index contributed by atoms with van der Waals surface area (Å²) in [5.41, 5.74) is 0.0759. The van der Waals surface area contributed by atoms with Crippen LogP contribution in [0.15, 0.2) is 25.2 Å². The number of hydrogen-bond acceptors (Lipinski definition) is 2. The van der Waals surface area contributed by atoms with E-state index in [1.807, 2.05) is 6.08 Å². The Labute approximate surface area is 79.2 Å². The molecule has 0 spiro atoms. The molecule has 2 nitrogen and oxygen atoms in total. The van der Waals surface area contributed by atoms with Gasteiger partial charge in [-0.2, -0.15) is 0 Å². The Morgan fingerprint density at radius 3 is 2.38 bits per heavy atom. The van der Waals surface area contributed by atoms with Crippen LogP contribution < -0.4 is 0 Å². The van der Waals surface area contributed by atoms with Crippen molar-refractivity contribution in [1.82, 2.24) is 0 Å². The predicted octanol–water partition coefficient (Wildman–Crippen LogP) is 2.97. The maximum absolute atomic E-state index is 5.63. The monoisotopic (exact) mass is 180 g/mol. The van der Waals surface area contributed by atoms with Crippen LogP contribution in [0, 0.1) is 5.41 Å². The second kappa shape index (κ2) is 2.79. The molecule has 13 heavy (non-hydrogen) atoms. The molecule has 1 aliphatic heterocycles. The lowest BCUT2D eigenvalue weighted by Crippen LogP contribution is -2.39. The molecule has 0 bridgehead atoms. The van der Waals surface area contributed by atoms with Gasteiger partial charge in [-0.05, 0) is 19.3 Å². The molecule has 1 heterocycles. The van der Waals surface area contributed by atoms with Crippen molar-refractivity contribution in [3.8, 4) is 0 Å². The van der Waals surface area contributed by atoms with E-state index in [0.29, 0.717) is 0 Å². The van der Waals surface area contributed by atoms with Crippen molar-refractivity contribution in [2.24, 2.45) is 5.41 Å². The molecule has 0 saturated heterocycles. The first kappa shape index (κ1) is 8.67. The normalized spacial score (nSPS) is 26.2. The first-order valence-corrected chi connectivity index (χ1v) is 4.93. The van der Waals surface area contributed by atoms with Gasteiger partial charge in [0.05, 0.1) is 5.41 Å². The quantitative estimate of drug-likeness (QED) is 0.619. The van der Waals surface area contributed by atoms with E-state index in [4.69, 9.17) is 9.47 Å². The van der Waals surface area contributed by atoms with Gasteiger partial charge < -0.3 is 9.47 Å². The highest BCUT2D eigenvalue weighted by Gasteiger charge is 2.61. The molecule has 1 aliphatic carbocycles. The summed E-state index contributed by atoms with van der Waals surface area (Å²) in [6, 6.07) is 0. The van der Waals surface area contributed by atoms with Gasteiger partial charge >= 0.3 is 0 Å². The van der Waals surface area contributed by atoms with Crippen molar-refractivity contribution < 1.29 is 9.47 Å². The van der Waals surface area contributed by atoms with Gasteiger partial charge in [0.15, 0.2) is 0 Å². The number of hydrogen-bond donors (Lipinski definition) is 0. The summed E-state index contributed by atoms with van der Waals surface area (Å²) >= 11 is 0. The third kappa shape index (κ3) is 1.08. The van der Waals surface area contributed by atoms with Gasteiger partial charge in [-0.15, -0.1) is 6.58 Å². The lowest BCUT2D eigenvalue weighted by molar-refractivity contribution is -0.184. The van der Waals surface area contributed by atoms with E-state index in [9.17, 15) is 0 Å². The van der Waals surface area contributed by atoms with E-state index in [1.54, 1.807) is 12.5 Å². The number of ether oxygens (including phenoxy) is 2. The zero-order valence-corrected chi connectivity index (χ0v) is 8.08. The first-order valence-electron chi connectivity index (χ1n) is 4.93. The van der Waals surface area contributed by atoms with E-state index >= 15 is 0 Å². The van der Waals surface area contributed by atoms with Crippen LogP contribution in [0.5, 0.6) is 0 Å². The molecule has 72 valence electrons. The zero-order valence-electron chi connectivity index (χ0n) is 8.08. The molecule has 0 amide bonds. The standard InChI is InChI=1S/C11H16O2/c1-3-5-11(12-8-9-13-11)10(4-2)6-7-10/h4,8-9H,2-3,5-7H2,1H3. The fourth-order valence-electron chi connectivity index (χ4n) is 2.11. The van der Waals surface area contributed by atoms with Crippen LogP contribution in [0.25, 0.3) is 0 Å². The molecule has 0 unspecified atom stereocenters.